The number of para-hydroxylation sites is 1. The van der Waals surface area contributed by atoms with Gasteiger partial charge in [-0.25, -0.2) is 4.79 Å². The maximum atomic E-state index is 13.3. The Kier molecular flexibility index (Phi) is 5.35. The van der Waals surface area contributed by atoms with E-state index in [2.05, 4.69) is 20.8 Å². The minimum Gasteiger partial charge on any atom is -0.457 e. The normalized spacial score (nSPS) is 16.5. The molecule has 0 N–H and O–H groups in total. The Bertz CT molecular complexity index is 1050. The first kappa shape index (κ1) is 19.9. The van der Waals surface area contributed by atoms with Crippen molar-refractivity contribution in [3.8, 4) is 0 Å². The van der Waals surface area contributed by atoms with Crippen LogP contribution in [0.5, 0.6) is 0 Å². The van der Waals surface area contributed by atoms with E-state index in [0.29, 0.717) is 16.5 Å². The largest absolute Gasteiger partial charge is 0.457 e. The number of hydrogen-bond donors (Lipinski definition) is 0. The summed E-state index contributed by atoms with van der Waals surface area (Å²) in [5, 5.41) is 1.55. The molecule has 1 aliphatic rings. The van der Waals surface area contributed by atoms with E-state index < -0.39 is 0 Å². The number of halogens is 1. The quantitative estimate of drug-likeness (QED) is 0.472. The second-order valence-electron chi connectivity index (χ2n) is 8.94. The first-order valence-corrected chi connectivity index (χ1v) is 10.5. The van der Waals surface area contributed by atoms with Crippen LogP contribution in [0.4, 0.5) is 0 Å². The number of fused-ring (bicyclic) bond motifs is 2. The van der Waals surface area contributed by atoms with Crippen molar-refractivity contribution in [2.75, 3.05) is 0 Å². The molecule has 0 saturated heterocycles. The van der Waals surface area contributed by atoms with Gasteiger partial charge in [0.05, 0.1) is 11.1 Å². The Balaban J connectivity index is 1.71. The molecule has 3 nitrogen and oxygen atoms in total. The van der Waals surface area contributed by atoms with Crippen LogP contribution in [0.15, 0.2) is 48.5 Å². The van der Waals surface area contributed by atoms with Gasteiger partial charge < -0.3 is 4.74 Å². The van der Waals surface area contributed by atoms with Crippen molar-refractivity contribution in [3.63, 3.8) is 0 Å². The van der Waals surface area contributed by atoms with Crippen molar-refractivity contribution >= 4 is 28.5 Å². The molecule has 29 heavy (non-hydrogen) atoms. The molecule has 4 rings (SSSR count). The lowest BCUT2D eigenvalue weighted by molar-refractivity contribution is 0.0472. The molecule has 150 valence electrons. The molecule has 0 spiro atoms. The third kappa shape index (κ3) is 4.16. The summed E-state index contributed by atoms with van der Waals surface area (Å²) in [5.74, 6) is 0.241. The average molecular weight is 408 g/mol. The highest BCUT2D eigenvalue weighted by Gasteiger charge is 2.33. The van der Waals surface area contributed by atoms with Crippen LogP contribution >= 0.6 is 11.6 Å². The van der Waals surface area contributed by atoms with Crippen LogP contribution in [0.3, 0.4) is 0 Å². The maximum absolute atomic E-state index is 13.3. The molecule has 0 radical (unpaired) electrons. The Hall–Kier alpha value is -2.39. The van der Waals surface area contributed by atoms with Crippen LogP contribution in [-0.4, -0.2) is 11.0 Å². The number of hydrogen-bond acceptors (Lipinski definition) is 3. The van der Waals surface area contributed by atoms with E-state index in [0.717, 1.165) is 47.0 Å². The third-order valence-corrected chi connectivity index (χ3v) is 6.22. The summed E-state index contributed by atoms with van der Waals surface area (Å²) < 4.78 is 5.74. The summed E-state index contributed by atoms with van der Waals surface area (Å²) in [6.45, 7) is 7.05. The van der Waals surface area contributed by atoms with E-state index in [1.165, 1.54) is 0 Å². The second kappa shape index (κ2) is 7.79. The van der Waals surface area contributed by atoms with Crippen LogP contribution in [0.1, 0.15) is 54.4 Å². The SMILES string of the molecule is CC(C)(C)[C@H]1CCc2nc3ccccc3c(C(=O)OCc3ccc(Cl)cc3)c2C1. The molecule has 1 atom stereocenters. The average Bonchev–Trinajstić information content (AvgIpc) is 2.70. The molecule has 1 aliphatic carbocycles. The van der Waals surface area contributed by atoms with Gasteiger partial charge >= 0.3 is 5.97 Å². The number of benzene rings is 2. The standard InChI is InChI=1S/C25H26ClNO2/c1-25(2,3)17-10-13-22-20(14-17)23(19-6-4-5-7-21(19)27-22)24(28)29-15-16-8-11-18(26)12-9-16/h4-9,11-12,17H,10,13-15H2,1-3H3/t17-/m0/s1. The van der Waals surface area contributed by atoms with E-state index in [9.17, 15) is 4.79 Å². The van der Waals surface area contributed by atoms with Crippen molar-refractivity contribution < 1.29 is 9.53 Å². The second-order valence-corrected chi connectivity index (χ2v) is 9.37. The molecular formula is C25H26ClNO2. The molecule has 0 saturated carbocycles. The molecule has 0 fully saturated rings. The lowest BCUT2D eigenvalue weighted by Gasteiger charge is -2.35. The van der Waals surface area contributed by atoms with Crippen LogP contribution in [-0.2, 0) is 24.2 Å². The fourth-order valence-corrected chi connectivity index (χ4v) is 4.29. The fraction of sp³-hybridized carbons (Fsp3) is 0.360. The number of esters is 1. The van der Waals surface area contributed by atoms with Gasteiger partial charge in [-0.1, -0.05) is 62.7 Å². The molecule has 4 heteroatoms. The Morgan fingerprint density at radius 2 is 1.86 bits per heavy atom. The summed E-state index contributed by atoms with van der Waals surface area (Å²) in [4.78, 5) is 18.1. The zero-order chi connectivity index (χ0) is 20.6. The van der Waals surface area contributed by atoms with Gasteiger partial charge in [-0.05, 0) is 59.9 Å². The molecule has 1 heterocycles. The van der Waals surface area contributed by atoms with Crippen molar-refractivity contribution in [1.29, 1.82) is 0 Å². The number of carbonyl (C=O) groups is 1. The number of nitrogens with zero attached hydrogens (tertiary/aromatic N) is 1. The first-order chi connectivity index (χ1) is 13.8. The molecule has 0 aliphatic heterocycles. The molecular weight excluding hydrogens is 382 g/mol. The number of pyridine rings is 1. The highest BCUT2D eigenvalue weighted by Crippen LogP contribution is 2.39. The van der Waals surface area contributed by atoms with Gasteiger partial charge in [0, 0.05) is 16.1 Å². The molecule has 0 amide bonds. The van der Waals surface area contributed by atoms with E-state index >= 15 is 0 Å². The Morgan fingerprint density at radius 3 is 2.59 bits per heavy atom. The highest BCUT2D eigenvalue weighted by atomic mass is 35.5. The molecule has 0 bridgehead atoms. The third-order valence-electron chi connectivity index (χ3n) is 5.97. The van der Waals surface area contributed by atoms with E-state index in [-0.39, 0.29) is 18.0 Å². The summed E-state index contributed by atoms with van der Waals surface area (Å²) in [5.41, 5.74) is 4.77. The summed E-state index contributed by atoms with van der Waals surface area (Å²) in [6, 6.07) is 15.2. The maximum Gasteiger partial charge on any atom is 0.339 e. The lowest BCUT2D eigenvalue weighted by Crippen LogP contribution is -2.29. The zero-order valence-electron chi connectivity index (χ0n) is 17.2. The minimum atomic E-state index is -0.274. The Labute approximate surface area is 177 Å². The van der Waals surface area contributed by atoms with Crippen LogP contribution in [0.25, 0.3) is 10.9 Å². The van der Waals surface area contributed by atoms with Crippen molar-refractivity contribution in [3.05, 3.63) is 75.9 Å². The predicted molar refractivity (Wildman–Crippen MR) is 117 cm³/mol. The number of aromatic nitrogens is 1. The highest BCUT2D eigenvalue weighted by molar-refractivity contribution is 6.30. The van der Waals surface area contributed by atoms with Gasteiger partial charge in [-0.2, -0.15) is 0 Å². The molecule has 2 aromatic carbocycles. The lowest BCUT2D eigenvalue weighted by atomic mass is 9.70. The van der Waals surface area contributed by atoms with Gasteiger partial charge in [-0.3, -0.25) is 4.98 Å². The van der Waals surface area contributed by atoms with Gasteiger partial charge in [0.15, 0.2) is 0 Å². The monoisotopic (exact) mass is 407 g/mol. The first-order valence-electron chi connectivity index (χ1n) is 10.1. The minimum absolute atomic E-state index is 0.188. The van der Waals surface area contributed by atoms with E-state index in [4.69, 9.17) is 21.3 Å². The summed E-state index contributed by atoms with van der Waals surface area (Å²) in [6.07, 6.45) is 2.86. The predicted octanol–water partition coefficient (Wildman–Crippen LogP) is 6.40. The van der Waals surface area contributed by atoms with Crippen LogP contribution in [0.2, 0.25) is 5.02 Å². The summed E-state index contributed by atoms with van der Waals surface area (Å²) in [7, 11) is 0. The van der Waals surface area contributed by atoms with Crippen molar-refractivity contribution in [2.24, 2.45) is 11.3 Å². The van der Waals surface area contributed by atoms with Crippen LogP contribution < -0.4 is 0 Å². The van der Waals surface area contributed by atoms with Gasteiger partial charge in [0.25, 0.3) is 0 Å². The van der Waals surface area contributed by atoms with E-state index in [1.54, 1.807) is 0 Å². The topological polar surface area (TPSA) is 39.2 Å². The van der Waals surface area contributed by atoms with Gasteiger partial charge in [0.2, 0.25) is 0 Å². The number of rotatable bonds is 3. The Morgan fingerprint density at radius 1 is 1.14 bits per heavy atom. The molecule has 1 aromatic heterocycles. The van der Waals surface area contributed by atoms with Gasteiger partial charge in [-0.15, -0.1) is 0 Å². The van der Waals surface area contributed by atoms with Crippen molar-refractivity contribution in [2.45, 2.75) is 46.6 Å². The fourth-order valence-electron chi connectivity index (χ4n) is 4.16. The smallest absolute Gasteiger partial charge is 0.339 e. The van der Waals surface area contributed by atoms with Crippen LogP contribution in [0, 0.1) is 11.3 Å². The van der Waals surface area contributed by atoms with E-state index in [1.807, 2.05) is 48.5 Å². The number of ether oxygens (including phenoxy) is 1. The number of aryl methyl sites for hydroxylation is 1. The number of carbonyl (C=O) groups excluding carboxylic acids is 1. The summed E-state index contributed by atoms with van der Waals surface area (Å²) >= 11 is 5.95. The van der Waals surface area contributed by atoms with Gasteiger partial charge in [0.1, 0.15) is 6.61 Å². The van der Waals surface area contributed by atoms with Crippen molar-refractivity contribution in [1.82, 2.24) is 4.98 Å². The molecule has 0 unspecified atom stereocenters. The zero-order valence-corrected chi connectivity index (χ0v) is 17.9. The molecule has 3 aromatic rings.